The topological polar surface area (TPSA) is 73.9 Å². The molecule has 142 valence electrons. The summed E-state index contributed by atoms with van der Waals surface area (Å²) >= 11 is 12.3. The molecule has 0 aliphatic heterocycles. The van der Waals surface area contributed by atoms with Crippen LogP contribution in [0.5, 0.6) is 11.5 Å². The Bertz CT molecular complexity index is 1060. The Morgan fingerprint density at radius 1 is 1.07 bits per heavy atom. The molecule has 0 fully saturated rings. The third-order valence-electron chi connectivity index (χ3n) is 4.59. The van der Waals surface area contributed by atoms with E-state index in [0.717, 1.165) is 13.1 Å². The lowest BCUT2D eigenvalue weighted by Crippen LogP contribution is -2.22. The van der Waals surface area contributed by atoms with Crippen LogP contribution in [0, 0.1) is 0 Å². The summed E-state index contributed by atoms with van der Waals surface area (Å²) < 4.78 is 5.92. The largest absolute Gasteiger partial charge is 0.507 e. The minimum Gasteiger partial charge on any atom is -0.507 e. The van der Waals surface area contributed by atoms with Gasteiger partial charge in [0.2, 0.25) is 11.2 Å². The van der Waals surface area contributed by atoms with E-state index in [4.69, 9.17) is 27.6 Å². The maximum absolute atomic E-state index is 12.7. The van der Waals surface area contributed by atoms with E-state index in [1.807, 2.05) is 13.8 Å². The van der Waals surface area contributed by atoms with Gasteiger partial charge in [-0.05, 0) is 37.4 Å². The molecule has 1 aromatic heterocycles. The molecule has 0 aliphatic carbocycles. The Hall–Kier alpha value is -2.21. The highest BCUT2D eigenvalue weighted by molar-refractivity contribution is 6.43. The van der Waals surface area contributed by atoms with Crippen LogP contribution in [0.4, 0.5) is 0 Å². The minimum atomic E-state index is -0.594. The number of fused-ring (bicyclic) bond motifs is 1. The molecule has 0 amide bonds. The highest BCUT2D eigenvalue weighted by atomic mass is 35.5. The second-order valence-corrected chi connectivity index (χ2v) is 6.90. The molecule has 7 heteroatoms. The number of hydrogen-bond donors (Lipinski definition) is 2. The number of halogens is 2. The third kappa shape index (κ3) is 3.50. The summed E-state index contributed by atoms with van der Waals surface area (Å²) in [6, 6.07) is 7.72. The Kier molecular flexibility index (Phi) is 5.65. The second-order valence-electron chi connectivity index (χ2n) is 6.11. The summed E-state index contributed by atoms with van der Waals surface area (Å²) in [6.07, 6.45) is 0. The molecule has 3 aromatic rings. The average molecular weight is 408 g/mol. The average Bonchev–Trinajstić information content (AvgIpc) is 2.66. The molecule has 0 atom stereocenters. The van der Waals surface area contributed by atoms with Crippen LogP contribution in [0.15, 0.2) is 39.5 Å². The first kappa shape index (κ1) is 19.5. The molecule has 27 heavy (non-hydrogen) atoms. The van der Waals surface area contributed by atoms with Crippen LogP contribution in [0.1, 0.15) is 19.4 Å². The van der Waals surface area contributed by atoms with Gasteiger partial charge in [-0.1, -0.05) is 43.1 Å². The van der Waals surface area contributed by atoms with Gasteiger partial charge in [-0.15, -0.1) is 0 Å². The second kappa shape index (κ2) is 7.80. The van der Waals surface area contributed by atoms with E-state index in [2.05, 4.69) is 4.90 Å². The van der Waals surface area contributed by atoms with Crippen molar-refractivity contribution < 1.29 is 14.6 Å². The van der Waals surface area contributed by atoms with Crippen molar-refractivity contribution in [3.8, 4) is 22.8 Å². The van der Waals surface area contributed by atoms with E-state index in [1.54, 1.807) is 18.2 Å². The summed E-state index contributed by atoms with van der Waals surface area (Å²) in [5.41, 5.74) is 0.407. The number of hydrogen-bond acceptors (Lipinski definition) is 5. The number of phenolic OH excluding ortho intramolecular Hbond substituents is 1. The van der Waals surface area contributed by atoms with Gasteiger partial charge in [0.15, 0.2) is 5.76 Å². The quantitative estimate of drug-likeness (QED) is 0.620. The van der Waals surface area contributed by atoms with E-state index >= 15 is 0 Å². The number of aromatic hydroxyl groups is 2. The zero-order valence-electron chi connectivity index (χ0n) is 14.9. The van der Waals surface area contributed by atoms with Gasteiger partial charge in [-0.25, -0.2) is 0 Å². The van der Waals surface area contributed by atoms with Crippen molar-refractivity contribution >= 4 is 34.2 Å². The molecule has 0 saturated carbocycles. The van der Waals surface area contributed by atoms with E-state index < -0.39 is 11.2 Å². The SMILES string of the molecule is CCN(CC)Cc1c(O)ccc2c(=O)c(O)c(-c3cccc(Cl)c3Cl)oc12. The van der Waals surface area contributed by atoms with E-state index in [-0.39, 0.29) is 32.5 Å². The standard InChI is InChI=1S/C20H19Cl2NO4/c1-3-23(4-2)10-13-15(24)9-8-12-17(25)18(26)20(27-19(12)13)11-6-5-7-14(21)16(11)22/h5-9,24,26H,3-4,10H2,1-2H3. The van der Waals surface area contributed by atoms with Gasteiger partial charge in [-0.3, -0.25) is 9.69 Å². The summed E-state index contributed by atoms with van der Waals surface area (Å²) in [4.78, 5) is 14.8. The fourth-order valence-electron chi connectivity index (χ4n) is 2.98. The maximum atomic E-state index is 12.7. The van der Waals surface area contributed by atoms with Crippen molar-refractivity contribution in [3.05, 3.63) is 56.2 Å². The molecule has 1 heterocycles. The van der Waals surface area contributed by atoms with Crippen molar-refractivity contribution in [2.75, 3.05) is 13.1 Å². The predicted octanol–water partition coefficient (Wildman–Crippen LogP) is 5.02. The van der Waals surface area contributed by atoms with Crippen molar-refractivity contribution in [2.45, 2.75) is 20.4 Å². The van der Waals surface area contributed by atoms with Gasteiger partial charge in [0.1, 0.15) is 11.3 Å². The molecule has 0 bridgehead atoms. The van der Waals surface area contributed by atoms with Crippen LogP contribution in [0.25, 0.3) is 22.3 Å². The summed E-state index contributed by atoms with van der Waals surface area (Å²) in [5.74, 6) is -0.607. The number of nitrogens with zero attached hydrogens (tertiary/aromatic N) is 1. The smallest absolute Gasteiger partial charge is 0.235 e. The highest BCUT2D eigenvalue weighted by Crippen LogP contribution is 2.39. The van der Waals surface area contributed by atoms with Crippen molar-refractivity contribution in [1.82, 2.24) is 4.90 Å². The first-order valence-corrected chi connectivity index (χ1v) is 9.31. The van der Waals surface area contributed by atoms with Crippen LogP contribution in [0.3, 0.4) is 0 Å². The highest BCUT2D eigenvalue weighted by Gasteiger charge is 2.22. The number of benzene rings is 2. The normalized spacial score (nSPS) is 11.4. The molecule has 2 N–H and O–H groups in total. The van der Waals surface area contributed by atoms with E-state index in [0.29, 0.717) is 17.7 Å². The van der Waals surface area contributed by atoms with E-state index in [9.17, 15) is 15.0 Å². The molecular formula is C20H19Cl2NO4. The van der Waals surface area contributed by atoms with Gasteiger partial charge in [0.25, 0.3) is 0 Å². The van der Waals surface area contributed by atoms with Crippen LogP contribution < -0.4 is 5.43 Å². The molecular weight excluding hydrogens is 389 g/mol. The van der Waals surface area contributed by atoms with Gasteiger partial charge in [0, 0.05) is 12.1 Å². The molecule has 0 saturated heterocycles. The first-order valence-electron chi connectivity index (χ1n) is 8.56. The fourth-order valence-corrected chi connectivity index (χ4v) is 3.37. The Labute approximate surface area is 166 Å². The minimum absolute atomic E-state index is 0.0198. The monoisotopic (exact) mass is 407 g/mol. The van der Waals surface area contributed by atoms with Crippen LogP contribution in [-0.2, 0) is 6.54 Å². The number of rotatable bonds is 5. The van der Waals surface area contributed by atoms with Crippen LogP contribution in [-0.4, -0.2) is 28.2 Å². The third-order valence-corrected chi connectivity index (χ3v) is 5.41. The molecule has 0 radical (unpaired) electrons. The van der Waals surface area contributed by atoms with Crippen LogP contribution >= 0.6 is 23.2 Å². The molecule has 0 unspecified atom stereocenters. The lowest BCUT2D eigenvalue weighted by molar-refractivity contribution is 0.290. The summed E-state index contributed by atoms with van der Waals surface area (Å²) in [6.45, 7) is 5.94. The Morgan fingerprint density at radius 3 is 2.44 bits per heavy atom. The maximum Gasteiger partial charge on any atom is 0.235 e. The summed E-state index contributed by atoms with van der Waals surface area (Å²) in [5, 5.41) is 21.4. The molecule has 0 aliphatic rings. The lowest BCUT2D eigenvalue weighted by Gasteiger charge is -2.19. The van der Waals surface area contributed by atoms with Gasteiger partial charge < -0.3 is 14.6 Å². The van der Waals surface area contributed by atoms with Crippen molar-refractivity contribution in [3.63, 3.8) is 0 Å². The first-order chi connectivity index (χ1) is 12.9. The van der Waals surface area contributed by atoms with Gasteiger partial charge in [-0.2, -0.15) is 0 Å². The Balaban J connectivity index is 2.33. The molecule has 0 spiro atoms. The predicted molar refractivity (Wildman–Crippen MR) is 108 cm³/mol. The zero-order chi connectivity index (χ0) is 19.7. The zero-order valence-corrected chi connectivity index (χ0v) is 16.4. The van der Waals surface area contributed by atoms with Crippen molar-refractivity contribution in [1.29, 1.82) is 0 Å². The summed E-state index contributed by atoms with van der Waals surface area (Å²) in [7, 11) is 0. The molecule has 3 rings (SSSR count). The van der Waals surface area contributed by atoms with Crippen molar-refractivity contribution in [2.24, 2.45) is 0 Å². The number of phenols is 1. The molecule has 5 nitrogen and oxygen atoms in total. The van der Waals surface area contributed by atoms with Gasteiger partial charge in [0.05, 0.1) is 21.0 Å². The molecule has 2 aromatic carbocycles. The fraction of sp³-hybridized carbons (Fsp3) is 0.250. The lowest BCUT2D eigenvalue weighted by atomic mass is 10.1. The van der Waals surface area contributed by atoms with Gasteiger partial charge >= 0.3 is 0 Å². The van der Waals surface area contributed by atoms with Crippen LogP contribution in [0.2, 0.25) is 10.0 Å². The Morgan fingerprint density at radius 2 is 1.78 bits per heavy atom. The van der Waals surface area contributed by atoms with E-state index in [1.165, 1.54) is 12.1 Å².